The number of hydrogen-bond acceptors (Lipinski definition) is 2. The van der Waals surface area contributed by atoms with E-state index in [0.29, 0.717) is 23.7 Å². The fourth-order valence-corrected chi connectivity index (χ4v) is 3.30. The van der Waals surface area contributed by atoms with Gasteiger partial charge in [0.15, 0.2) is 6.54 Å². The van der Waals surface area contributed by atoms with Crippen LogP contribution in [0.15, 0.2) is 53.4 Å². The summed E-state index contributed by atoms with van der Waals surface area (Å²) in [7, 11) is 1.85. The number of amides is 1. The standard InChI is InChI=1S/C18H20ClFN2OS/c1-22(12-15-16(19)8-5-9-17(15)20)13-18(23)21-10-11-24-14-6-3-2-4-7-14/h2-9H,10-13H2,1H3,(H,21,23)/p+1. The average molecular weight is 368 g/mol. The fourth-order valence-electron chi connectivity index (χ4n) is 2.28. The van der Waals surface area contributed by atoms with Gasteiger partial charge in [-0.2, -0.15) is 0 Å². The number of halogens is 2. The maximum Gasteiger partial charge on any atom is 0.275 e. The van der Waals surface area contributed by atoms with Gasteiger partial charge < -0.3 is 10.2 Å². The minimum atomic E-state index is -0.332. The summed E-state index contributed by atoms with van der Waals surface area (Å²) in [5.74, 6) is 0.434. The minimum Gasteiger partial charge on any atom is -0.350 e. The van der Waals surface area contributed by atoms with Crippen LogP contribution in [-0.4, -0.2) is 31.8 Å². The van der Waals surface area contributed by atoms with Gasteiger partial charge in [-0.25, -0.2) is 4.39 Å². The van der Waals surface area contributed by atoms with Crippen molar-refractivity contribution in [1.82, 2.24) is 5.32 Å². The molecule has 0 saturated heterocycles. The van der Waals surface area contributed by atoms with Crippen LogP contribution in [0.4, 0.5) is 4.39 Å². The first-order chi connectivity index (χ1) is 11.6. The van der Waals surface area contributed by atoms with Crippen molar-refractivity contribution in [3.05, 3.63) is 64.9 Å². The molecule has 2 N–H and O–H groups in total. The summed E-state index contributed by atoms with van der Waals surface area (Å²) in [5, 5.41) is 3.29. The number of quaternary nitrogens is 1. The third kappa shape index (κ3) is 6.15. The lowest BCUT2D eigenvalue weighted by molar-refractivity contribution is -0.885. The molecule has 0 bridgehead atoms. The molecule has 0 fully saturated rings. The topological polar surface area (TPSA) is 33.5 Å². The zero-order valence-corrected chi connectivity index (χ0v) is 15.1. The Labute approximate surface area is 151 Å². The Morgan fingerprint density at radius 1 is 1.21 bits per heavy atom. The predicted molar refractivity (Wildman–Crippen MR) is 97.0 cm³/mol. The molecule has 0 aromatic heterocycles. The fraction of sp³-hybridized carbons (Fsp3) is 0.278. The summed E-state index contributed by atoms with van der Waals surface area (Å²) >= 11 is 7.71. The number of hydrogen-bond donors (Lipinski definition) is 2. The quantitative estimate of drug-likeness (QED) is 0.555. The van der Waals surface area contributed by atoms with Crippen molar-refractivity contribution in [2.45, 2.75) is 11.4 Å². The number of carbonyl (C=O) groups excluding carboxylic acids is 1. The Kier molecular flexibility index (Phi) is 7.56. The smallest absolute Gasteiger partial charge is 0.275 e. The Bertz CT molecular complexity index is 649. The van der Waals surface area contributed by atoms with E-state index in [1.54, 1.807) is 23.9 Å². The summed E-state index contributed by atoms with van der Waals surface area (Å²) < 4.78 is 13.8. The minimum absolute atomic E-state index is 0.0476. The van der Waals surface area contributed by atoms with Crippen molar-refractivity contribution in [2.24, 2.45) is 0 Å². The highest BCUT2D eigenvalue weighted by Gasteiger charge is 2.15. The number of rotatable bonds is 8. The van der Waals surface area contributed by atoms with Gasteiger partial charge in [-0.05, 0) is 24.3 Å². The normalized spacial score (nSPS) is 12.0. The van der Waals surface area contributed by atoms with E-state index >= 15 is 0 Å². The highest BCUT2D eigenvalue weighted by molar-refractivity contribution is 7.99. The monoisotopic (exact) mass is 367 g/mol. The maximum absolute atomic E-state index is 13.8. The van der Waals surface area contributed by atoms with E-state index in [1.165, 1.54) is 11.0 Å². The van der Waals surface area contributed by atoms with Gasteiger partial charge in [0.1, 0.15) is 12.4 Å². The highest BCUT2D eigenvalue weighted by Crippen LogP contribution is 2.17. The van der Waals surface area contributed by atoms with E-state index in [4.69, 9.17) is 11.6 Å². The van der Waals surface area contributed by atoms with Gasteiger partial charge in [-0.1, -0.05) is 35.9 Å². The molecular weight excluding hydrogens is 347 g/mol. The molecule has 0 radical (unpaired) electrons. The molecular formula is C18H21ClFN2OS+. The summed E-state index contributed by atoms with van der Waals surface area (Å²) in [6.45, 7) is 1.25. The van der Waals surface area contributed by atoms with E-state index < -0.39 is 0 Å². The first-order valence-corrected chi connectivity index (χ1v) is 9.11. The van der Waals surface area contributed by atoms with Gasteiger partial charge in [0.25, 0.3) is 5.91 Å². The zero-order valence-electron chi connectivity index (χ0n) is 13.5. The van der Waals surface area contributed by atoms with Crippen molar-refractivity contribution in [3.8, 4) is 0 Å². The molecule has 0 aliphatic rings. The highest BCUT2D eigenvalue weighted by atomic mass is 35.5. The number of likely N-dealkylation sites (N-methyl/N-ethyl adjacent to an activating group) is 1. The van der Waals surface area contributed by atoms with Crippen LogP contribution < -0.4 is 10.2 Å². The van der Waals surface area contributed by atoms with Crippen molar-refractivity contribution >= 4 is 29.3 Å². The van der Waals surface area contributed by atoms with Crippen LogP contribution in [0.3, 0.4) is 0 Å². The lowest BCUT2D eigenvalue weighted by Gasteiger charge is -2.15. The van der Waals surface area contributed by atoms with Gasteiger partial charge in [-0.3, -0.25) is 4.79 Å². The zero-order chi connectivity index (χ0) is 17.4. The molecule has 128 valence electrons. The summed E-state index contributed by atoms with van der Waals surface area (Å²) in [5.41, 5.74) is 0.448. The SMILES string of the molecule is C[NH+](CC(=O)NCCSc1ccccc1)Cc1c(F)cccc1Cl. The maximum atomic E-state index is 13.8. The Hall–Kier alpha value is -1.56. The largest absolute Gasteiger partial charge is 0.350 e. The van der Waals surface area contributed by atoms with Crippen LogP contribution in [-0.2, 0) is 11.3 Å². The van der Waals surface area contributed by atoms with E-state index in [9.17, 15) is 9.18 Å². The molecule has 1 unspecified atom stereocenters. The Morgan fingerprint density at radius 2 is 1.96 bits per heavy atom. The lowest BCUT2D eigenvalue weighted by atomic mass is 10.2. The average Bonchev–Trinajstić information content (AvgIpc) is 2.56. The van der Waals surface area contributed by atoms with Gasteiger partial charge in [-0.15, -0.1) is 11.8 Å². The molecule has 2 rings (SSSR count). The lowest BCUT2D eigenvalue weighted by Crippen LogP contribution is -3.09. The first-order valence-electron chi connectivity index (χ1n) is 7.75. The molecule has 3 nitrogen and oxygen atoms in total. The summed E-state index contributed by atoms with van der Waals surface area (Å²) in [6.07, 6.45) is 0. The molecule has 1 atom stereocenters. The van der Waals surface area contributed by atoms with Crippen LogP contribution in [0, 0.1) is 5.82 Å². The number of nitrogens with one attached hydrogen (secondary N) is 2. The van der Waals surface area contributed by atoms with Crippen molar-refractivity contribution in [3.63, 3.8) is 0 Å². The van der Waals surface area contributed by atoms with Crippen LogP contribution in [0.5, 0.6) is 0 Å². The van der Waals surface area contributed by atoms with E-state index in [1.807, 2.05) is 37.4 Å². The Morgan fingerprint density at radius 3 is 2.67 bits per heavy atom. The van der Waals surface area contributed by atoms with E-state index in [-0.39, 0.29) is 18.3 Å². The molecule has 0 saturated carbocycles. The molecule has 1 amide bonds. The van der Waals surface area contributed by atoms with Crippen LogP contribution in [0.2, 0.25) is 5.02 Å². The van der Waals surface area contributed by atoms with Gasteiger partial charge in [0.2, 0.25) is 0 Å². The number of thioether (sulfide) groups is 1. The van der Waals surface area contributed by atoms with Crippen LogP contribution >= 0.6 is 23.4 Å². The third-order valence-electron chi connectivity index (χ3n) is 3.44. The molecule has 0 aliphatic carbocycles. The predicted octanol–water partition coefficient (Wildman–Crippen LogP) is 2.40. The summed E-state index contributed by atoms with van der Waals surface area (Å²) in [4.78, 5) is 14.0. The van der Waals surface area contributed by atoms with E-state index in [2.05, 4.69) is 5.32 Å². The number of benzene rings is 2. The van der Waals surface area contributed by atoms with Crippen molar-refractivity contribution in [1.29, 1.82) is 0 Å². The Balaban J connectivity index is 1.70. The molecule has 2 aromatic carbocycles. The van der Waals surface area contributed by atoms with Gasteiger partial charge >= 0.3 is 0 Å². The second kappa shape index (κ2) is 9.67. The molecule has 24 heavy (non-hydrogen) atoms. The van der Waals surface area contributed by atoms with Gasteiger partial charge in [0, 0.05) is 17.2 Å². The molecule has 2 aromatic rings. The van der Waals surface area contributed by atoms with Crippen molar-refractivity contribution in [2.75, 3.05) is 25.9 Å². The summed E-state index contributed by atoms with van der Waals surface area (Å²) in [6, 6.07) is 14.7. The van der Waals surface area contributed by atoms with E-state index in [0.717, 1.165) is 10.7 Å². The molecule has 0 spiro atoms. The molecule has 6 heteroatoms. The number of carbonyl (C=O) groups is 1. The molecule has 0 aliphatic heterocycles. The second-order valence-corrected chi connectivity index (χ2v) is 7.10. The first kappa shape index (κ1) is 18.8. The second-order valence-electron chi connectivity index (χ2n) is 5.52. The van der Waals surface area contributed by atoms with Crippen LogP contribution in [0.25, 0.3) is 0 Å². The van der Waals surface area contributed by atoms with Gasteiger partial charge in [0.05, 0.1) is 17.6 Å². The van der Waals surface area contributed by atoms with Crippen LogP contribution in [0.1, 0.15) is 5.56 Å². The molecule has 0 heterocycles. The van der Waals surface area contributed by atoms with Crippen molar-refractivity contribution < 1.29 is 14.1 Å². The third-order valence-corrected chi connectivity index (χ3v) is 4.81.